The van der Waals surface area contributed by atoms with Crippen molar-refractivity contribution < 1.29 is 22.4 Å². The summed E-state index contributed by atoms with van der Waals surface area (Å²) in [7, 11) is -3.82. The van der Waals surface area contributed by atoms with Crippen LogP contribution in [0.5, 0.6) is 0 Å². The molecule has 0 aromatic heterocycles. The molecule has 0 aliphatic carbocycles. The van der Waals surface area contributed by atoms with Gasteiger partial charge in [0.05, 0.1) is 11.9 Å². The summed E-state index contributed by atoms with van der Waals surface area (Å²) >= 11 is 0. The first-order valence-electron chi connectivity index (χ1n) is 11.2. The number of amides is 2. The van der Waals surface area contributed by atoms with Gasteiger partial charge in [0.1, 0.15) is 18.4 Å². The predicted molar refractivity (Wildman–Crippen MR) is 132 cm³/mol. The summed E-state index contributed by atoms with van der Waals surface area (Å²) in [5.41, 5.74) is 2.22. The summed E-state index contributed by atoms with van der Waals surface area (Å²) in [6.45, 7) is 8.81. The van der Waals surface area contributed by atoms with Crippen LogP contribution in [0, 0.1) is 25.6 Å². The summed E-state index contributed by atoms with van der Waals surface area (Å²) in [6, 6.07) is 10.3. The molecule has 186 valence electrons. The average Bonchev–Trinajstić information content (AvgIpc) is 2.76. The van der Waals surface area contributed by atoms with E-state index >= 15 is 0 Å². The molecule has 2 amide bonds. The van der Waals surface area contributed by atoms with E-state index in [1.54, 1.807) is 32.0 Å². The Morgan fingerprint density at radius 3 is 2.26 bits per heavy atom. The molecule has 0 spiro atoms. The number of carbonyl (C=O) groups excluding carboxylic acids is 2. The summed E-state index contributed by atoms with van der Waals surface area (Å²) < 4.78 is 40.8. The third-order valence-electron chi connectivity index (χ3n) is 5.67. The fraction of sp³-hybridized carbons (Fsp3) is 0.440. The van der Waals surface area contributed by atoms with E-state index in [0.29, 0.717) is 12.2 Å². The van der Waals surface area contributed by atoms with Gasteiger partial charge >= 0.3 is 0 Å². The number of benzene rings is 2. The number of halogens is 1. The van der Waals surface area contributed by atoms with Crippen molar-refractivity contribution in [3.63, 3.8) is 0 Å². The van der Waals surface area contributed by atoms with Crippen molar-refractivity contribution in [3.8, 4) is 0 Å². The molecule has 0 bridgehead atoms. The van der Waals surface area contributed by atoms with Crippen LogP contribution in [0.1, 0.15) is 37.5 Å². The molecule has 0 heterocycles. The number of nitrogens with one attached hydrogen (secondary N) is 1. The van der Waals surface area contributed by atoms with Crippen molar-refractivity contribution in [2.45, 2.75) is 47.2 Å². The van der Waals surface area contributed by atoms with Gasteiger partial charge in [0, 0.05) is 18.7 Å². The minimum Gasteiger partial charge on any atom is -0.354 e. The Morgan fingerprint density at radius 1 is 1.03 bits per heavy atom. The van der Waals surface area contributed by atoms with Crippen LogP contribution in [0.3, 0.4) is 0 Å². The van der Waals surface area contributed by atoms with Gasteiger partial charge in [-0.05, 0) is 49.9 Å². The van der Waals surface area contributed by atoms with Crippen molar-refractivity contribution in [2.24, 2.45) is 5.92 Å². The monoisotopic (exact) mass is 491 g/mol. The molecule has 1 N–H and O–H groups in total. The molecule has 1 atom stereocenters. The van der Waals surface area contributed by atoms with Gasteiger partial charge in [-0.2, -0.15) is 0 Å². The van der Waals surface area contributed by atoms with Crippen LogP contribution >= 0.6 is 0 Å². The number of carbonyl (C=O) groups is 2. The van der Waals surface area contributed by atoms with Gasteiger partial charge in [-0.25, -0.2) is 12.8 Å². The van der Waals surface area contributed by atoms with Crippen LogP contribution in [0.2, 0.25) is 0 Å². The van der Waals surface area contributed by atoms with E-state index in [-0.39, 0.29) is 18.0 Å². The molecule has 2 aromatic rings. The van der Waals surface area contributed by atoms with Gasteiger partial charge in [0.15, 0.2) is 0 Å². The maximum absolute atomic E-state index is 14.4. The van der Waals surface area contributed by atoms with E-state index < -0.39 is 40.2 Å². The number of nitrogens with zero attached hydrogens (tertiary/aromatic N) is 2. The highest BCUT2D eigenvalue weighted by molar-refractivity contribution is 7.92. The van der Waals surface area contributed by atoms with Crippen LogP contribution in [0.15, 0.2) is 42.5 Å². The first-order valence-corrected chi connectivity index (χ1v) is 13.0. The lowest BCUT2D eigenvalue weighted by Crippen LogP contribution is -2.51. The van der Waals surface area contributed by atoms with E-state index in [1.165, 1.54) is 23.1 Å². The zero-order chi connectivity index (χ0) is 25.6. The fourth-order valence-electron chi connectivity index (χ4n) is 3.45. The van der Waals surface area contributed by atoms with E-state index in [1.807, 2.05) is 26.8 Å². The van der Waals surface area contributed by atoms with Crippen molar-refractivity contribution >= 4 is 27.5 Å². The zero-order valence-electron chi connectivity index (χ0n) is 20.6. The quantitative estimate of drug-likeness (QED) is 0.552. The number of hydrogen-bond donors (Lipinski definition) is 1. The molecule has 7 nitrogen and oxygen atoms in total. The standard InChI is InChI=1S/C25H34FN3O4S/c1-17(2)14-27-25(31)20(5)28(15-21-11-7-8-12-22(21)26)24(30)16-29(34(6,32)33)23-13-9-10-18(3)19(23)4/h7-13,17,20H,14-16H2,1-6H3,(H,27,31)/t20-/m1/s1. The second-order valence-electron chi connectivity index (χ2n) is 8.92. The van der Waals surface area contributed by atoms with E-state index in [0.717, 1.165) is 21.7 Å². The van der Waals surface area contributed by atoms with Crippen LogP contribution in [0.4, 0.5) is 10.1 Å². The van der Waals surface area contributed by atoms with E-state index in [4.69, 9.17) is 0 Å². The highest BCUT2D eigenvalue weighted by Crippen LogP contribution is 2.25. The molecule has 0 aliphatic rings. The Balaban J connectivity index is 2.43. The number of sulfonamides is 1. The topological polar surface area (TPSA) is 86.8 Å². The second-order valence-corrected chi connectivity index (χ2v) is 10.8. The Kier molecular flexibility index (Phi) is 9.21. The molecule has 0 unspecified atom stereocenters. The average molecular weight is 492 g/mol. The Hall–Kier alpha value is -2.94. The number of anilines is 1. The molecule has 2 rings (SSSR count). The van der Waals surface area contributed by atoms with Crippen LogP contribution < -0.4 is 9.62 Å². The van der Waals surface area contributed by atoms with Crippen LogP contribution in [0.25, 0.3) is 0 Å². The maximum Gasteiger partial charge on any atom is 0.244 e. The fourth-order valence-corrected chi connectivity index (χ4v) is 4.35. The highest BCUT2D eigenvalue weighted by Gasteiger charge is 2.31. The molecule has 0 saturated heterocycles. The Morgan fingerprint density at radius 2 is 1.68 bits per heavy atom. The number of hydrogen-bond acceptors (Lipinski definition) is 4. The molecule has 34 heavy (non-hydrogen) atoms. The molecule has 0 aliphatic heterocycles. The SMILES string of the molecule is Cc1cccc(N(CC(=O)N(Cc2ccccc2F)[C@H](C)C(=O)NCC(C)C)S(C)(=O)=O)c1C. The lowest BCUT2D eigenvalue weighted by atomic mass is 10.1. The third-order valence-corrected chi connectivity index (χ3v) is 6.80. The van der Waals surface area contributed by atoms with Crippen molar-refractivity contribution in [1.29, 1.82) is 0 Å². The second kappa shape index (κ2) is 11.5. The van der Waals surface area contributed by atoms with Gasteiger partial charge in [-0.3, -0.25) is 13.9 Å². The van der Waals surface area contributed by atoms with Crippen LogP contribution in [-0.2, 0) is 26.2 Å². The minimum absolute atomic E-state index is 0.174. The summed E-state index contributed by atoms with van der Waals surface area (Å²) in [5, 5.41) is 2.79. The van der Waals surface area contributed by atoms with Gasteiger partial charge in [0.2, 0.25) is 21.8 Å². The van der Waals surface area contributed by atoms with E-state index in [9.17, 15) is 22.4 Å². The first-order chi connectivity index (χ1) is 15.8. The molecular formula is C25H34FN3O4S. The van der Waals surface area contributed by atoms with Gasteiger partial charge in [0.25, 0.3) is 0 Å². The van der Waals surface area contributed by atoms with Crippen molar-refractivity contribution in [3.05, 3.63) is 65.0 Å². The van der Waals surface area contributed by atoms with Gasteiger partial charge in [-0.15, -0.1) is 0 Å². The lowest BCUT2D eigenvalue weighted by Gasteiger charge is -2.32. The minimum atomic E-state index is -3.82. The number of aryl methyl sites for hydroxylation is 1. The molecule has 9 heteroatoms. The summed E-state index contributed by atoms with van der Waals surface area (Å²) in [6.07, 6.45) is 1.03. The first kappa shape index (κ1) is 27.3. The number of rotatable bonds is 10. The van der Waals surface area contributed by atoms with Crippen molar-refractivity contribution in [2.75, 3.05) is 23.7 Å². The highest BCUT2D eigenvalue weighted by atomic mass is 32.2. The maximum atomic E-state index is 14.4. The Bertz CT molecular complexity index is 1130. The zero-order valence-corrected chi connectivity index (χ0v) is 21.4. The molecule has 0 saturated carbocycles. The van der Waals surface area contributed by atoms with Gasteiger partial charge in [-0.1, -0.05) is 44.2 Å². The van der Waals surface area contributed by atoms with Gasteiger partial charge < -0.3 is 10.2 Å². The largest absolute Gasteiger partial charge is 0.354 e. The predicted octanol–water partition coefficient (Wildman–Crippen LogP) is 3.40. The summed E-state index contributed by atoms with van der Waals surface area (Å²) in [4.78, 5) is 27.5. The molecular weight excluding hydrogens is 457 g/mol. The Labute approximate surface area is 202 Å². The van der Waals surface area contributed by atoms with Crippen molar-refractivity contribution in [1.82, 2.24) is 10.2 Å². The van der Waals surface area contributed by atoms with Crippen LogP contribution in [-0.4, -0.2) is 50.5 Å². The third kappa shape index (κ3) is 7.03. The smallest absolute Gasteiger partial charge is 0.244 e. The molecule has 0 radical (unpaired) electrons. The lowest BCUT2D eigenvalue weighted by molar-refractivity contribution is -0.139. The van der Waals surface area contributed by atoms with E-state index in [2.05, 4.69) is 5.32 Å². The molecule has 2 aromatic carbocycles. The summed E-state index contributed by atoms with van der Waals surface area (Å²) in [5.74, 6) is -1.31. The molecule has 0 fully saturated rings. The normalized spacial score (nSPS) is 12.4.